The monoisotopic (exact) mass is 461 g/mol. The summed E-state index contributed by atoms with van der Waals surface area (Å²) in [6.07, 6.45) is -3.56. The lowest BCUT2D eigenvalue weighted by Gasteiger charge is -2.40. The second kappa shape index (κ2) is 10.3. The first-order valence-electron chi connectivity index (χ1n) is 9.53. The van der Waals surface area contributed by atoms with E-state index in [4.69, 9.17) is 32.7 Å². The summed E-state index contributed by atoms with van der Waals surface area (Å²) >= 11 is 12.4. The molecule has 1 aliphatic heterocycles. The lowest BCUT2D eigenvalue weighted by molar-refractivity contribution is -0.310. The average Bonchev–Trinajstić information content (AvgIpc) is 3.21. The Hall–Kier alpha value is -1.30. The van der Waals surface area contributed by atoms with Crippen LogP contribution in [0.15, 0.2) is 30.9 Å². The summed E-state index contributed by atoms with van der Waals surface area (Å²) in [4.78, 5) is 3.96. The van der Waals surface area contributed by atoms with Crippen molar-refractivity contribution < 1.29 is 29.9 Å². The van der Waals surface area contributed by atoms with Crippen molar-refractivity contribution in [2.24, 2.45) is 0 Å². The van der Waals surface area contributed by atoms with E-state index in [1.807, 2.05) is 6.07 Å². The van der Waals surface area contributed by atoms with Crippen molar-refractivity contribution in [2.45, 2.75) is 62.6 Å². The Balaban J connectivity index is 1.73. The van der Waals surface area contributed by atoms with Gasteiger partial charge in [0.2, 0.25) is 0 Å². The molecule has 2 aromatic rings. The smallest absolute Gasteiger partial charge is 0.186 e. The quantitative estimate of drug-likeness (QED) is 0.457. The van der Waals surface area contributed by atoms with E-state index in [9.17, 15) is 20.4 Å². The van der Waals surface area contributed by atoms with E-state index in [2.05, 4.69) is 10.1 Å². The van der Waals surface area contributed by atoms with Crippen molar-refractivity contribution in [1.29, 1.82) is 0 Å². The molecule has 1 fully saturated rings. The highest BCUT2D eigenvalue weighted by atomic mass is 35.5. The molecule has 1 aromatic heterocycles. The second-order valence-electron chi connectivity index (χ2n) is 7.36. The summed E-state index contributed by atoms with van der Waals surface area (Å²) < 4.78 is 12.9. The van der Waals surface area contributed by atoms with Crippen LogP contribution in [0.1, 0.15) is 24.8 Å². The SMILES string of the molecule is CC(CC(Cn1cncn1)c1ccc(Cl)cc1Cl)O[C@@H]1O[C@H](CO)[C@@H](O)[C@H](O)[C@H]1O. The maximum atomic E-state index is 10.2. The number of halogens is 2. The van der Waals surface area contributed by atoms with Crippen LogP contribution in [0.3, 0.4) is 0 Å². The zero-order chi connectivity index (χ0) is 21.8. The molecular weight excluding hydrogens is 437 g/mol. The van der Waals surface area contributed by atoms with E-state index in [0.29, 0.717) is 23.0 Å². The van der Waals surface area contributed by atoms with Crippen LogP contribution in [-0.2, 0) is 16.0 Å². The van der Waals surface area contributed by atoms with Crippen molar-refractivity contribution in [2.75, 3.05) is 6.61 Å². The molecule has 0 radical (unpaired) electrons. The van der Waals surface area contributed by atoms with E-state index in [0.717, 1.165) is 5.56 Å². The largest absolute Gasteiger partial charge is 0.394 e. The maximum absolute atomic E-state index is 10.2. The molecule has 7 atom stereocenters. The van der Waals surface area contributed by atoms with Gasteiger partial charge >= 0.3 is 0 Å². The molecule has 11 heteroatoms. The first kappa shape index (κ1) is 23.4. The Labute approximate surface area is 183 Å². The van der Waals surface area contributed by atoms with Crippen LogP contribution >= 0.6 is 23.2 Å². The lowest BCUT2D eigenvalue weighted by Crippen LogP contribution is -2.59. The Morgan fingerprint density at radius 1 is 1.20 bits per heavy atom. The Bertz CT molecular complexity index is 810. The summed E-state index contributed by atoms with van der Waals surface area (Å²) in [5.74, 6) is -0.128. The highest BCUT2D eigenvalue weighted by molar-refractivity contribution is 6.35. The van der Waals surface area contributed by atoms with Gasteiger partial charge in [-0.2, -0.15) is 5.10 Å². The van der Waals surface area contributed by atoms with Crippen molar-refractivity contribution in [1.82, 2.24) is 14.8 Å². The number of ether oxygens (including phenoxy) is 2. The summed E-state index contributed by atoms with van der Waals surface area (Å²) in [6, 6.07) is 5.25. The van der Waals surface area contributed by atoms with Gasteiger partial charge in [0.15, 0.2) is 6.29 Å². The molecule has 0 amide bonds. The van der Waals surface area contributed by atoms with E-state index in [1.165, 1.54) is 6.33 Å². The molecule has 0 bridgehead atoms. The molecule has 166 valence electrons. The predicted octanol–water partition coefficient (Wildman–Crippen LogP) is 0.964. The van der Waals surface area contributed by atoms with Crippen LogP contribution in [0.4, 0.5) is 0 Å². The number of nitrogens with zero attached hydrogens (tertiary/aromatic N) is 3. The molecule has 0 spiro atoms. The molecule has 0 aliphatic carbocycles. The van der Waals surface area contributed by atoms with Crippen LogP contribution < -0.4 is 0 Å². The van der Waals surface area contributed by atoms with Crippen molar-refractivity contribution in [3.8, 4) is 0 Å². The van der Waals surface area contributed by atoms with Gasteiger partial charge in [-0.15, -0.1) is 0 Å². The summed E-state index contributed by atoms with van der Waals surface area (Å²) in [7, 11) is 0. The normalized spacial score (nSPS) is 29.0. The fourth-order valence-corrected chi connectivity index (χ4v) is 4.11. The van der Waals surface area contributed by atoms with E-state index < -0.39 is 43.4 Å². The molecule has 30 heavy (non-hydrogen) atoms. The number of aromatic nitrogens is 3. The zero-order valence-corrected chi connectivity index (χ0v) is 17.8. The average molecular weight is 462 g/mol. The molecule has 1 aromatic carbocycles. The molecular formula is C19H25Cl2N3O6. The van der Waals surface area contributed by atoms with Crippen LogP contribution in [0.25, 0.3) is 0 Å². The molecule has 4 N–H and O–H groups in total. The predicted molar refractivity (Wildman–Crippen MR) is 108 cm³/mol. The van der Waals surface area contributed by atoms with Gasteiger partial charge in [-0.25, -0.2) is 4.98 Å². The summed E-state index contributed by atoms with van der Waals surface area (Å²) in [5.41, 5.74) is 0.848. The number of rotatable bonds is 8. The fourth-order valence-electron chi connectivity index (χ4n) is 3.55. The molecule has 1 saturated heterocycles. The molecule has 2 heterocycles. The van der Waals surface area contributed by atoms with Gasteiger partial charge in [0.25, 0.3) is 0 Å². The molecule has 3 rings (SSSR count). The minimum Gasteiger partial charge on any atom is -0.394 e. The van der Waals surface area contributed by atoms with Crippen LogP contribution in [0.2, 0.25) is 10.0 Å². The highest BCUT2D eigenvalue weighted by Gasteiger charge is 2.44. The minimum absolute atomic E-state index is 0.128. The van der Waals surface area contributed by atoms with Gasteiger partial charge in [0, 0.05) is 22.5 Å². The fraction of sp³-hybridized carbons (Fsp3) is 0.579. The van der Waals surface area contributed by atoms with Crippen molar-refractivity contribution in [3.05, 3.63) is 46.5 Å². The van der Waals surface area contributed by atoms with Crippen molar-refractivity contribution in [3.63, 3.8) is 0 Å². The number of aliphatic hydroxyl groups is 4. The van der Waals surface area contributed by atoms with Gasteiger partial charge < -0.3 is 29.9 Å². The Kier molecular flexibility index (Phi) is 8.05. The van der Waals surface area contributed by atoms with Gasteiger partial charge in [-0.05, 0) is 31.0 Å². The van der Waals surface area contributed by atoms with Crippen LogP contribution in [0.5, 0.6) is 0 Å². The van der Waals surface area contributed by atoms with Crippen LogP contribution in [-0.4, -0.2) is 78.6 Å². The lowest BCUT2D eigenvalue weighted by atomic mass is 9.93. The minimum atomic E-state index is -1.50. The number of aliphatic hydroxyl groups excluding tert-OH is 4. The van der Waals surface area contributed by atoms with Gasteiger partial charge in [-0.3, -0.25) is 4.68 Å². The maximum Gasteiger partial charge on any atom is 0.186 e. The molecule has 2 unspecified atom stereocenters. The third-order valence-corrected chi connectivity index (χ3v) is 5.67. The van der Waals surface area contributed by atoms with E-state index in [-0.39, 0.29) is 5.92 Å². The summed E-state index contributed by atoms with van der Waals surface area (Å²) in [6.45, 7) is 1.75. The second-order valence-corrected chi connectivity index (χ2v) is 8.20. The third kappa shape index (κ3) is 5.49. The Morgan fingerprint density at radius 3 is 2.60 bits per heavy atom. The number of hydrogen-bond donors (Lipinski definition) is 4. The van der Waals surface area contributed by atoms with E-state index in [1.54, 1.807) is 30.1 Å². The zero-order valence-electron chi connectivity index (χ0n) is 16.3. The third-order valence-electron chi connectivity index (χ3n) is 5.11. The first-order chi connectivity index (χ1) is 14.3. The van der Waals surface area contributed by atoms with Crippen molar-refractivity contribution >= 4 is 23.2 Å². The summed E-state index contributed by atoms with van der Waals surface area (Å²) in [5, 5.41) is 44.6. The molecule has 9 nitrogen and oxygen atoms in total. The van der Waals surface area contributed by atoms with E-state index >= 15 is 0 Å². The number of benzene rings is 1. The first-order valence-corrected chi connectivity index (χ1v) is 10.3. The highest BCUT2D eigenvalue weighted by Crippen LogP contribution is 2.33. The topological polar surface area (TPSA) is 130 Å². The molecule has 1 aliphatic rings. The van der Waals surface area contributed by atoms with Gasteiger partial charge in [-0.1, -0.05) is 29.3 Å². The molecule has 0 saturated carbocycles. The van der Waals surface area contributed by atoms with Crippen LogP contribution in [0, 0.1) is 0 Å². The number of hydrogen-bond acceptors (Lipinski definition) is 8. The van der Waals surface area contributed by atoms with Gasteiger partial charge in [0.05, 0.1) is 12.7 Å². The standard InChI is InChI=1S/C19H25Cl2N3O6/c1-10(29-19-18(28)17(27)16(26)15(7-25)30-19)4-11(6-24-9-22-8-23-24)13-3-2-12(20)5-14(13)21/h2-3,5,8-11,15-19,25-28H,4,6-7H2,1H3/t10?,11?,15-,16-,17+,18-,19-/m1/s1. The Morgan fingerprint density at radius 2 is 1.97 bits per heavy atom. The van der Waals surface area contributed by atoms with Gasteiger partial charge in [0.1, 0.15) is 37.1 Å².